The average Bonchev–Trinajstić information content (AvgIpc) is 3.01. The van der Waals surface area contributed by atoms with E-state index in [1.165, 1.54) is 11.9 Å². The molecule has 1 aromatic heterocycles. The molecule has 1 aromatic carbocycles. The SMILES string of the molecule is Cc1cc(C)c2c(c1)C(NC(=O)CCCn1cncn1)CCO2. The van der Waals surface area contributed by atoms with Crippen LogP contribution in [0, 0.1) is 13.8 Å². The minimum atomic E-state index is 0.0382. The van der Waals surface area contributed by atoms with Gasteiger partial charge in [-0.3, -0.25) is 9.48 Å². The van der Waals surface area contributed by atoms with Gasteiger partial charge in [0.05, 0.1) is 12.6 Å². The molecule has 1 aliphatic rings. The summed E-state index contributed by atoms with van der Waals surface area (Å²) in [6, 6.07) is 4.26. The molecule has 2 heterocycles. The molecular formula is C17H22N4O2. The van der Waals surface area contributed by atoms with Crippen molar-refractivity contribution in [2.45, 2.75) is 45.7 Å². The predicted molar refractivity (Wildman–Crippen MR) is 86.2 cm³/mol. The van der Waals surface area contributed by atoms with Crippen LogP contribution in [0.2, 0.25) is 0 Å². The number of aryl methyl sites for hydroxylation is 3. The van der Waals surface area contributed by atoms with Gasteiger partial charge in [-0.1, -0.05) is 17.7 Å². The number of carbonyl (C=O) groups is 1. The molecule has 1 amide bonds. The van der Waals surface area contributed by atoms with Crippen molar-refractivity contribution < 1.29 is 9.53 Å². The molecule has 0 saturated heterocycles. The Hall–Kier alpha value is -2.37. The number of nitrogens with one attached hydrogen (secondary N) is 1. The van der Waals surface area contributed by atoms with E-state index in [1.54, 1.807) is 11.0 Å². The Morgan fingerprint density at radius 3 is 3.09 bits per heavy atom. The fraction of sp³-hybridized carbons (Fsp3) is 0.471. The number of aromatic nitrogens is 3. The van der Waals surface area contributed by atoms with Crippen LogP contribution < -0.4 is 10.1 Å². The Bertz CT molecular complexity index is 682. The maximum Gasteiger partial charge on any atom is 0.220 e. The largest absolute Gasteiger partial charge is 0.493 e. The van der Waals surface area contributed by atoms with E-state index >= 15 is 0 Å². The van der Waals surface area contributed by atoms with Gasteiger partial charge in [0.2, 0.25) is 5.91 Å². The number of amides is 1. The van der Waals surface area contributed by atoms with Gasteiger partial charge in [0, 0.05) is 24.9 Å². The first-order chi connectivity index (χ1) is 11.1. The van der Waals surface area contributed by atoms with Gasteiger partial charge in [0.15, 0.2) is 0 Å². The second-order valence-corrected chi connectivity index (χ2v) is 6.02. The molecule has 1 aliphatic heterocycles. The van der Waals surface area contributed by atoms with Crippen molar-refractivity contribution in [3.63, 3.8) is 0 Å². The first-order valence-electron chi connectivity index (χ1n) is 7.99. The molecule has 0 bridgehead atoms. The zero-order valence-corrected chi connectivity index (χ0v) is 13.6. The molecule has 1 atom stereocenters. The highest BCUT2D eigenvalue weighted by molar-refractivity contribution is 5.76. The third-order valence-corrected chi connectivity index (χ3v) is 4.07. The summed E-state index contributed by atoms with van der Waals surface area (Å²) in [5.41, 5.74) is 3.42. The maximum absolute atomic E-state index is 12.2. The van der Waals surface area contributed by atoms with Crippen LogP contribution >= 0.6 is 0 Å². The summed E-state index contributed by atoms with van der Waals surface area (Å²) in [4.78, 5) is 16.1. The lowest BCUT2D eigenvalue weighted by molar-refractivity contribution is -0.122. The van der Waals surface area contributed by atoms with Gasteiger partial charge in [0.25, 0.3) is 0 Å². The Balaban J connectivity index is 1.59. The zero-order valence-electron chi connectivity index (χ0n) is 13.6. The second-order valence-electron chi connectivity index (χ2n) is 6.02. The van der Waals surface area contributed by atoms with Crippen molar-refractivity contribution in [1.82, 2.24) is 20.1 Å². The summed E-state index contributed by atoms with van der Waals surface area (Å²) in [7, 11) is 0. The number of hydrogen-bond donors (Lipinski definition) is 1. The molecule has 122 valence electrons. The third kappa shape index (κ3) is 3.70. The lowest BCUT2D eigenvalue weighted by Gasteiger charge is -2.28. The topological polar surface area (TPSA) is 69.0 Å². The maximum atomic E-state index is 12.2. The lowest BCUT2D eigenvalue weighted by Crippen LogP contribution is -2.32. The fourth-order valence-electron chi connectivity index (χ4n) is 3.04. The Morgan fingerprint density at radius 2 is 2.30 bits per heavy atom. The minimum Gasteiger partial charge on any atom is -0.493 e. The monoisotopic (exact) mass is 314 g/mol. The molecule has 3 rings (SSSR count). The number of hydrogen-bond acceptors (Lipinski definition) is 4. The normalized spacial score (nSPS) is 16.5. The summed E-state index contributed by atoms with van der Waals surface area (Å²) < 4.78 is 7.52. The molecule has 2 aromatic rings. The van der Waals surface area contributed by atoms with Gasteiger partial charge in [0.1, 0.15) is 18.4 Å². The molecule has 0 radical (unpaired) electrons. The van der Waals surface area contributed by atoms with E-state index in [-0.39, 0.29) is 11.9 Å². The van der Waals surface area contributed by atoms with E-state index in [1.807, 2.05) is 6.92 Å². The molecular weight excluding hydrogens is 292 g/mol. The quantitative estimate of drug-likeness (QED) is 0.919. The van der Waals surface area contributed by atoms with Crippen LogP contribution in [0.5, 0.6) is 5.75 Å². The molecule has 23 heavy (non-hydrogen) atoms. The molecule has 0 saturated carbocycles. The zero-order chi connectivity index (χ0) is 16.2. The highest BCUT2D eigenvalue weighted by Crippen LogP contribution is 2.35. The average molecular weight is 314 g/mol. The van der Waals surface area contributed by atoms with Crippen LogP contribution in [0.1, 0.15) is 42.0 Å². The van der Waals surface area contributed by atoms with Crippen molar-refractivity contribution in [3.05, 3.63) is 41.5 Å². The van der Waals surface area contributed by atoms with Crippen LogP contribution in [-0.4, -0.2) is 27.3 Å². The lowest BCUT2D eigenvalue weighted by atomic mass is 9.95. The van der Waals surface area contributed by atoms with E-state index in [0.717, 1.165) is 29.7 Å². The summed E-state index contributed by atoms with van der Waals surface area (Å²) in [6.45, 7) is 5.46. The Morgan fingerprint density at radius 1 is 1.43 bits per heavy atom. The number of ether oxygens (including phenoxy) is 1. The first-order valence-corrected chi connectivity index (χ1v) is 7.99. The number of carbonyl (C=O) groups excluding carboxylic acids is 1. The fourth-order valence-corrected chi connectivity index (χ4v) is 3.04. The smallest absolute Gasteiger partial charge is 0.220 e. The second kappa shape index (κ2) is 6.81. The number of rotatable bonds is 5. The van der Waals surface area contributed by atoms with Crippen LogP contribution in [0.15, 0.2) is 24.8 Å². The molecule has 0 aliphatic carbocycles. The summed E-state index contributed by atoms with van der Waals surface area (Å²) in [6.07, 6.45) is 5.21. The van der Waals surface area contributed by atoms with Crippen LogP contribution in [0.3, 0.4) is 0 Å². The molecule has 6 nitrogen and oxygen atoms in total. The first kappa shape index (κ1) is 15.5. The minimum absolute atomic E-state index is 0.0382. The molecule has 6 heteroatoms. The number of nitrogens with zero attached hydrogens (tertiary/aromatic N) is 3. The van der Waals surface area contributed by atoms with Crippen molar-refractivity contribution in [1.29, 1.82) is 0 Å². The number of fused-ring (bicyclic) bond motifs is 1. The van der Waals surface area contributed by atoms with Crippen molar-refractivity contribution >= 4 is 5.91 Å². The highest BCUT2D eigenvalue weighted by Gasteiger charge is 2.24. The molecule has 1 unspecified atom stereocenters. The van der Waals surface area contributed by atoms with Gasteiger partial charge in [-0.2, -0.15) is 5.10 Å². The van der Waals surface area contributed by atoms with Crippen molar-refractivity contribution in [2.24, 2.45) is 0 Å². The number of benzene rings is 1. The Labute approximate surface area is 135 Å². The van der Waals surface area contributed by atoms with E-state index in [9.17, 15) is 4.79 Å². The van der Waals surface area contributed by atoms with Gasteiger partial charge in [-0.25, -0.2) is 4.98 Å². The van der Waals surface area contributed by atoms with Crippen molar-refractivity contribution in [2.75, 3.05) is 6.61 Å². The van der Waals surface area contributed by atoms with E-state index < -0.39 is 0 Å². The van der Waals surface area contributed by atoms with Gasteiger partial charge in [-0.05, 0) is 25.8 Å². The summed E-state index contributed by atoms with van der Waals surface area (Å²) in [5, 5.41) is 7.18. The summed E-state index contributed by atoms with van der Waals surface area (Å²) >= 11 is 0. The van der Waals surface area contributed by atoms with Crippen LogP contribution in [0.25, 0.3) is 0 Å². The summed E-state index contributed by atoms with van der Waals surface area (Å²) in [5.74, 6) is 0.997. The van der Waals surface area contributed by atoms with Crippen LogP contribution in [-0.2, 0) is 11.3 Å². The Kier molecular flexibility index (Phi) is 4.60. The van der Waals surface area contributed by atoms with Crippen molar-refractivity contribution in [3.8, 4) is 5.75 Å². The van der Waals surface area contributed by atoms with Crippen LogP contribution in [0.4, 0.5) is 0 Å². The van der Waals surface area contributed by atoms with Gasteiger partial charge in [-0.15, -0.1) is 0 Å². The predicted octanol–water partition coefficient (Wildman–Crippen LogP) is 2.32. The third-order valence-electron chi connectivity index (χ3n) is 4.07. The van der Waals surface area contributed by atoms with Gasteiger partial charge >= 0.3 is 0 Å². The van der Waals surface area contributed by atoms with E-state index in [4.69, 9.17) is 4.74 Å². The standard InChI is InChI=1S/C17H22N4O2/c1-12-8-13(2)17-14(9-12)15(5-7-23-17)20-16(22)4-3-6-21-11-18-10-19-21/h8-11,15H,3-7H2,1-2H3,(H,20,22). The van der Waals surface area contributed by atoms with E-state index in [2.05, 4.69) is 34.5 Å². The van der Waals surface area contributed by atoms with E-state index in [0.29, 0.717) is 19.6 Å². The molecule has 0 fully saturated rings. The van der Waals surface area contributed by atoms with Gasteiger partial charge < -0.3 is 10.1 Å². The molecule has 1 N–H and O–H groups in total. The molecule has 0 spiro atoms. The highest BCUT2D eigenvalue weighted by atomic mass is 16.5.